The number of pyridine rings is 1. The van der Waals surface area contributed by atoms with E-state index in [1.807, 2.05) is 19.9 Å². The zero-order valence-corrected chi connectivity index (χ0v) is 16.6. The molecule has 0 aliphatic heterocycles. The fourth-order valence-corrected chi connectivity index (χ4v) is 3.24. The molecule has 0 saturated heterocycles. The number of hydrogen-bond acceptors (Lipinski definition) is 7. The molecule has 0 atom stereocenters. The lowest BCUT2D eigenvalue weighted by Crippen LogP contribution is -2.42. The highest BCUT2D eigenvalue weighted by Gasteiger charge is 2.26. The van der Waals surface area contributed by atoms with Crippen molar-refractivity contribution in [1.82, 2.24) is 9.97 Å². The minimum atomic E-state index is -0.540. The van der Waals surface area contributed by atoms with Crippen LogP contribution >= 0.6 is 24.0 Å². The number of amides is 1. The van der Waals surface area contributed by atoms with Crippen molar-refractivity contribution in [3.8, 4) is 11.8 Å². The number of aromatic nitrogens is 2. The molecule has 2 heterocycles. The predicted octanol–water partition coefficient (Wildman–Crippen LogP) is 4.47. The van der Waals surface area contributed by atoms with Gasteiger partial charge >= 0.3 is 6.09 Å². The fraction of sp³-hybridized carbons (Fsp3) is 0.263. The number of fused-ring (bicyclic) bond motifs is 1. The number of hydrogen-bond donors (Lipinski definition) is 1. The van der Waals surface area contributed by atoms with Gasteiger partial charge in [0.25, 0.3) is 0 Å². The quantitative estimate of drug-likeness (QED) is 0.642. The molecule has 3 rings (SSSR count). The van der Waals surface area contributed by atoms with Gasteiger partial charge in [0.15, 0.2) is 0 Å². The van der Waals surface area contributed by atoms with E-state index in [0.717, 1.165) is 15.9 Å². The van der Waals surface area contributed by atoms with Gasteiger partial charge in [-0.2, -0.15) is 17.9 Å². The first-order chi connectivity index (χ1) is 12.9. The number of benzene rings is 1. The predicted molar refractivity (Wildman–Crippen MR) is 110 cm³/mol. The molecule has 3 aromatic rings. The summed E-state index contributed by atoms with van der Waals surface area (Å²) in [5, 5.41) is 8.74. The van der Waals surface area contributed by atoms with Crippen LogP contribution < -0.4 is 9.64 Å². The van der Waals surface area contributed by atoms with Gasteiger partial charge in [0.2, 0.25) is 0 Å². The van der Waals surface area contributed by atoms with Crippen LogP contribution in [0.15, 0.2) is 41.9 Å². The van der Waals surface area contributed by atoms with Crippen LogP contribution in [0.3, 0.4) is 0 Å². The zero-order valence-electron chi connectivity index (χ0n) is 14.9. The minimum absolute atomic E-state index is 0.312. The van der Waals surface area contributed by atoms with Crippen molar-refractivity contribution in [3.63, 3.8) is 0 Å². The number of thiazole rings is 1. The minimum Gasteiger partial charge on any atom is -0.410 e. The van der Waals surface area contributed by atoms with Crippen molar-refractivity contribution < 1.29 is 9.53 Å². The molecule has 0 aliphatic rings. The molecule has 0 unspecified atom stereocenters. The first-order valence-electron chi connectivity index (χ1n) is 8.23. The van der Waals surface area contributed by atoms with Gasteiger partial charge < -0.3 is 4.74 Å². The molecule has 6 nitrogen and oxygen atoms in total. The second-order valence-corrected chi connectivity index (χ2v) is 8.64. The van der Waals surface area contributed by atoms with E-state index in [9.17, 15) is 4.79 Å². The van der Waals surface area contributed by atoms with E-state index in [-0.39, 0.29) is 0 Å². The highest BCUT2D eigenvalue weighted by Crippen LogP contribution is 2.25. The van der Waals surface area contributed by atoms with Gasteiger partial charge in [-0.05, 0) is 43.7 Å². The lowest BCUT2D eigenvalue weighted by molar-refractivity contribution is 0.207. The summed E-state index contributed by atoms with van der Waals surface area (Å²) in [6.45, 7) is 4.15. The van der Waals surface area contributed by atoms with Crippen LogP contribution in [0.25, 0.3) is 10.3 Å². The van der Waals surface area contributed by atoms with Crippen molar-refractivity contribution in [2.45, 2.75) is 25.0 Å². The fourth-order valence-electron chi connectivity index (χ4n) is 2.44. The Balaban J connectivity index is 1.85. The summed E-state index contributed by atoms with van der Waals surface area (Å²) in [6, 6.07) is 12.5. The van der Waals surface area contributed by atoms with E-state index in [2.05, 4.69) is 28.7 Å². The second kappa shape index (κ2) is 7.94. The summed E-state index contributed by atoms with van der Waals surface area (Å²) in [4.78, 5) is 23.8. The lowest BCUT2D eigenvalue weighted by atomic mass is 10.2. The maximum atomic E-state index is 12.8. The average molecular weight is 399 g/mol. The van der Waals surface area contributed by atoms with Crippen molar-refractivity contribution in [3.05, 3.63) is 47.5 Å². The number of ether oxygens (including phenoxy) is 1. The Hall–Kier alpha value is -2.63. The molecule has 0 fully saturated rings. The van der Waals surface area contributed by atoms with Crippen LogP contribution in [-0.2, 0) is 6.42 Å². The molecule has 0 aliphatic carbocycles. The molecule has 8 heteroatoms. The molecule has 138 valence electrons. The number of nitrogens with zero attached hydrogens (tertiary/aromatic N) is 4. The Kier molecular flexibility index (Phi) is 5.63. The molecule has 27 heavy (non-hydrogen) atoms. The highest BCUT2D eigenvalue weighted by molar-refractivity contribution is 7.81. The van der Waals surface area contributed by atoms with Gasteiger partial charge in [0.1, 0.15) is 21.9 Å². The first kappa shape index (κ1) is 19.1. The van der Waals surface area contributed by atoms with Crippen molar-refractivity contribution in [1.29, 1.82) is 5.26 Å². The number of anilines is 1. The average Bonchev–Trinajstić information content (AvgIpc) is 3.08. The third-order valence-corrected chi connectivity index (χ3v) is 4.51. The standard InChI is InChI=1S/C19H18N4O2S2/c1-19(2,26)11-23(16-8-7-15-17(22-16)27-12-21-15)18(24)25-14-5-3-13(4-6-14)9-10-20/h3-8,12,26H,9,11H2,1-2H3. The van der Waals surface area contributed by atoms with Crippen LogP contribution in [0, 0.1) is 11.3 Å². The van der Waals surface area contributed by atoms with E-state index in [4.69, 9.17) is 10.00 Å². The summed E-state index contributed by atoms with van der Waals surface area (Å²) in [5.74, 6) is 0.891. The third kappa shape index (κ3) is 4.96. The summed E-state index contributed by atoms with van der Waals surface area (Å²) in [6.07, 6.45) is -0.228. The first-order valence-corrected chi connectivity index (χ1v) is 9.56. The molecule has 0 saturated carbocycles. The Morgan fingerprint density at radius 2 is 2.04 bits per heavy atom. The van der Waals surface area contributed by atoms with Crippen LogP contribution in [0.4, 0.5) is 10.6 Å². The molecule has 2 aromatic heterocycles. The van der Waals surface area contributed by atoms with Gasteiger partial charge in [-0.1, -0.05) is 12.1 Å². The summed E-state index contributed by atoms with van der Waals surface area (Å²) in [5.41, 5.74) is 3.37. The van der Waals surface area contributed by atoms with E-state index in [1.165, 1.54) is 16.2 Å². The van der Waals surface area contributed by atoms with Gasteiger partial charge in [-0.15, -0.1) is 11.3 Å². The summed E-state index contributed by atoms with van der Waals surface area (Å²) >= 11 is 5.96. The van der Waals surface area contributed by atoms with Gasteiger partial charge in [-0.3, -0.25) is 4.90 Å². The van der Waals surface area contributed by atoms with Crippen LogP contribution in [0.2, 0.25) is 0 Å². The number of carbonyl (C=O) groups excluding carboxylic acids is 1. The summed E-state index contributed by atoms with van der Waals surface area (Å²) < 4.78 is 5.08. The summed E-state index contributed by atoms with van der Waals surface area (Å²) in [7, 11) is 0. The van der Waals surface area contributed by atoms with Crippen molar-refractivity contribution >= 4 is 46.2 Å². The number of thiol groups is 1. The smallest absolute Gasteiger partial charge is 0.410 e. The number of carbonyl (C=O) groups is 1. The molecular weight excluding hydrogens is 380 g/mol. The molecule has 0 bridgehead atoms. The Morgan fingerprint density at radius 1 is 1.30 bits per heavy atom. The molecule has 1 aromatic carbocycles. The highest BCUT2D eigenvalue weighted by atomic mass is 32.1. The van der Waals surface area contributed by atoms with Crippen LogP contribution in [0.1, 0.15) is 19.4 Å². The number of nitriles is 1. The van der Waals surface area contributed by atoms with E-state index in [1.54, 1.807) is 35.8 Å². The van der Waals surface area contributed by atoms with Crippen LogP contribution in [0.5, 0.6) is 5.75 Å². The number of rotatable bonds is 5. The van der Waals surface area contributed by atoms with Crippen molar-refractivity contribution in [2.75, 3.05) is 11.4 Å². The molecule has 0 N–H and O–H groups in total. The molecule has 1 amide bonds. The normalized spacial score (nSPS) is 11.2. The largest absolute Gasteiger partial charge is 0.420 e. The lowest BCUT2D eigenvalue weighted by Gasteiger charge is -2.27. The van der Waals surface area contributed by atoms with E-state index < -0.39 is 10.8 Å². The third-order valence-electron chi connectivity index (χ3n) is 3.64. The van der Waals surface area contributed by atoms with Crippen molar-refractivity contribution in [2.24, 2.45) is 0 Å². The second-order valence-electron chi connectivity index (χ2n) is 6.59. The topological polar surface area (TPSA) is 79.1 Å². The maximum Gasteiger partial charge on any atom is 0.420 e. The molecule has 0 radical (unpaired) electrons. The van der Waals surface area contributed by atoms with Gasteiger partial charge in [0, 0.05) is 11.3 Å². The Labute approximate surface area is 166 Å². The monoisotopic (exact) mass is 398 g/mol. The van der Waals surface area contributed by atoms with E-state index >= 15 is 0 Å². The zero-order chi connectivity index (χ0) is 19.4. The van der Waals surface area contributed by atoms with E-state index in [0.29, 0.717) is 24.5 Å². The Morgan fingerprint density at radius 3 is 2.70 bits per heavy atom. The Bertz CT molecular complexity index is 987. The van der Waals surface area contributed by atoms with Gasteiger partial charge in [-0.25, -0.2) is 14.8 Å². The molecular formula is C19H18N4O2S2. The van der Waals surface area contributed by atoms with Gasteiger partial charge in [0.05, 0.1) is 18.0 Å². The SMILES string of the molecule is CC(C)(S)CN(C(=O)Oc1ccc(CC#N)cc1)c1ccc2ncsc2n1. The van der Waals surface area contributed by atoms with Crippen LogP contribution in [-0.4, -0.2) is 27.4 Å². The maximum absolute atomic E-state index is 12.8. The molecule has 0 spiro atoms.